The van der Waals surface area contributed by atoms with Crippen LogP contribution in [0.3, 0.4) is 0 Å². The Morgan fingerprint density at radius 3 is 2.80 bits per heavy atom. The number of rotatable bonds is 7. The molecule has 0 aliphatic heterocycles. The Labute approximate surface area is 233 Å². The molecule has 5 rings (SSSR count). The van der Waals surface area contributed by atoms with E-state index in [1.165, 1.54) is 16.8 Å². The maximum Gasteiger partial charge on any atom is 0.335 e. The summed E-state index contributed by atoms with van der Waals surface area (Å²) in [6.45, 7) is 1.93. The number of aromatic carboxylic acids is 1. The summed E-state index contributed by atoms with van der Waals surface area (Å²) in [6, 6.07) is 12.9. The number of carbonyl (C=O) groups is 3. The van der Waals surface area contributed by atoms with Crippen molar-refractivity contribution in [1.82, 2.24) is 30.5 Å². The number of fused-ring (bicyclic) bond motifs is 2. The Hall–Kier alpha value is -5.77. The lowest BCUT2D eigenvalue weighted by atomic mass is 9.98. The number of nitrogens with two attached hydrogens (primary N) is 1. The summed E-state index contributed by atoms with van der Waals surface area (Å²) < 4.78 is 1.36. The van der Waals surface area contributed by atoms with Crippen LogP contribution in [-0.4, -0.2) is 43.4 Å². The lowest BCUT2D eigenvalue weighted by molar-refractivity contribution is 0.0695. The molecule has 2 amide bonds. The highest BCUT2D eigenvalue weighted by Gasteiger charge is 2.28. The summed E-state index contributed by atoms with van der Waals surface area (Å²) in [7, 11) is 0. The van der Waals surface area contributed by atoms with Crippen molar-refractivity contribution < 1.29 is 19.5 Å². The van der Waals surface area contributed by atoms with Gasteiger partial charge in [-0.25, -0.2) is 19.3 Å². The van der Waals surface area contributed by atoms with Crippen molar-refractivity contribution in [1.29, 1.82) is 5.26 Å². The first-order valence-electron chi connectivity index (χ1n) is 12.6. The van der Waals surface area contributed by atoms with Crippen molar-refractivity contribution in [3.05, 3.63) is 93.9 Å². The van der Waals surface area contributed by atoms with E-state index in [2.05, 4.69) is 31.0 Å². The van der Waals surface area contributed by atoms with Crippen LogP contribution in [0.5, 0.6) is 0 Å². The topological polar surface area (TPSA) is 200 Å². The van der Waals surface area contributed by atoms with Gasteiger partial charge in [0.05, 0.1) is 23.5 Å². The van der Waals surface area contributed by atoms with Crippen molar-refractivity contribution in [3.63, 3.8) is 0 Å². The zero-order valence-electron chi connectivity index (χ0n) is 21.9. The van der Waals surface area contributed by atoms with Crippen LogP contribution in [0.25, 0.3) is 5.65 Å². The number of carbonyl (C=O) groups excluding carboxylic acids is 2. The second-order valence-corrected chi connectivity index (χ2v) is 9.39. The van der Waals surface area contributed by atoms with Gasteiger partial charge in [0.25, 0.3) is 11.8 Å². The summed E-state index contributed by atoms with van der Waals surface area (Å²) in [5.74, 6) is -1.98. The second-order valence-electron chi connectivity index (χ2n) is 9.39. The average Bonchev–Trinajstić information content (AvgIpc) is 3.59. The van der Waals surface area contributed by atoms with Crippen LogP contribution in [0.2, 0.25) is 0 Å². The maximum atomic E-state index is 13.4. The maximum absolute atomic E-state index is 13.4. The van der Waals surface area contributed by atoms with E-state index in [4.69, 9.17) is 11.0 Å². The molecule has 2 aromatic carbocycles. The molecule has 0 bridgehead atoms. The van der Waals surface area contributed by atoms with E-state index < -0.39 is 17.8 Å². The third-order valence-electron chi connectivity index (χ3n) is 6.85. The quantitative estimate of drug-likeness (QED) is 0.0987. The van der Waals surface area contributed by atoms with E-state index in [1.807, 2.05) is 0 Å². The van der Waals surface area contributed by atoms with Crippen LogP contribution in [0.4, 0.5) is 5.69 Å². The highest BCUT2D eigenvalue weighted by atomic mass is 16.4. The fraction of sp³-hybridized carbons (Fsp3) is 0.179. The Morgan fingerprint density at radius 2 is 2.02 bits per heavy atom. The van der Waals surface area contributed by atoms with Gasteiger partial charge in [-0.2, -0.15) is 10.4 Å². The van der Waals surface area contributed by atoms with E-state index in [0.29, 0.717) is 29.7 Å². The second kappa shape index (κ2) is 11.1. The molecule has 41 heavy (non-hydrogen) atoms. The third kappa shape index (κ3) is 5.52. The summed E-state index contributed by atoms with van der Waals surface area (Å²) in [4.78, 5) is 46.4. The SMILES string of the molecule is Cc1c(C(=O)O)ccc2c1CC[C@@H]2NC(=O)c1cc(C(=O)NCc2cccc(N=C(N)NC#N)c2)nc2ccnn12. The number of aromatic nitrogens is 3. The third-order valence-corrected chi connectivity index (χ3v) is 6.85. The van der Waals surface area contributed by atoms with Crippen LogP contribution in [0, 0.1) is 18.4 Å². The van der Waals surface area contributed by atoms with Gasteiger partial charge in [0.2, 0.25) is 5.96 Å². The molecule has 0 fully saturated rings. The molecular formula is C28H25N9O4. The summed E-state index contributed by atoms with van der Waals surface area (Å²) in [5.41, 5.74) is 10.1. The molecule has 0 spiro atoms. The van der Waals surface area contributed by atoms with E-state index in [9.17, 15) is 19.5 Å². The fourth-order valence-electron chi connectivity index (χ4n) is 4.92. The lowest BCUT2D eigenvalue weighted by Gasteiger charge is -2.16. The molecule has 13 heteroatoms. The minimum atomic E-state index is -0.986. The molecular weight excluding hydrogens is 526 g/mol. The molecule has 2 heterocycles. The van der Waals surface area contributed by atoms with Gasteiger partial charge in [-0.3, -0.25) is 14.9 Å². The molecule has 0 radical (unpaired) electrons. The molecule has 1 aliphatic carbocycles. The minimum Gasteiger partial charge on any atom is -0.478 e. The van der Waals surface area contributed by atoms with Crippen molar-refractivity contribution in [2.45, 2.75) is 32.4 Å². The van der Waals surface area contributed by atoms with Crippen LogP contribution in [0.1, 0.15) is 66.1 Å². The molecule has 0 saturated heterocycles. The normalized spacial score (nSPS) is 14.2. The molecule has 6 N–H and O–H groups in total. The Bertz CT molecular complexity index is 1770. The Balaban J connectivity index is 1.34. The molecule has 4 aromatic rings. The predicted octanol–water partition coefficient (Wildman–Crippen LogP) is 2.10. The number of nitriles is 1. The number of aliphatic imine (C=N–C) groups is 1. The van der Waals surface area contributed by atoms with Gasteiger partial charge in [-0.15, -0.1) is 0 Å². The number of amides is 2. The van der Waals surface area contributed by atoms with Crippen molar-refractivity contribution in [3.8, 4) is 6.19 Å². The summed E-state index contributed by atoms with van der Waals surface area (Å²) in [5, 5.41) is 30.3. The number of benzene rings is 2. The number of hydrogen-bond acceptors (Lipinski definition) is 7. The van der Waals surface area contributed by atoms with E-state index in [0.717, 1.165) is 16.7 Å². The van der Waals surface area contributed by atoms with Crippen molar-refractivity contribution in [2.75, 3.05) is 0 Å². The first-order chi connectivity index (χ1) is 19.7. The van der Waals surface area contributed by atoms with Gasteiger partial charge in [0.1, 0.15) is 11.4 Å². The number of hydrogen-bond donors (Lipinski definition) is 5. The molecule has 206 valence electrons. The standard InChI is InChI=1S/C28H25N9O4/c1-15-18-7-8-21(20(18)6-5-19(15)27(40)41)36-26(39)23-12-22(35-24-9-10-33-37(23)24)25(38)31-13-16-3-2-4-17(11-16)34-28(30)32-14-29/h2-6,9-12,21H,7-8,13H2,1H3,(H,31,38)(H,36,39)(H,40,41)(H3,30,32,34)/t21-/m0/s1. The predicted molar refractivity (Wildman–Crippen MR) is 147 cm³/mol. The van der Waals surface area contributed by atoms with Gasteiger partial charge in [-0.1, -0.05) is 18.2 Å². The van der Waals surface area contributed by atoms with Gasteiger partial charge in [-0.05, 0) is 60.2 Å². The Kier molecular flexibility index (Phi) is 7.29. The monoisotopic (exact) mass is 551 g/mol. The largest absolute Gasteiger partial charge is 0.478 e. The Morgan fingerprint density at radius 1 is 1.20 bits per heavy atom. The zero-order valence-corrected chi connectivity index (χ0v) is 21.9. The number of carboxylic acid groups (broad SMARTS) is 1. The van der Waals surface area contributed by atoms with Crippen molar-refractivity contribution in [2.24, 2.45) is 10.7 Å². The number of guanidine groups is 1. The zero-order chi connectivity index (χ0) is 29.1. The van der Waals surface area contributed by atoms with Crippen LogP contribution < -0.4 is 21.7 Å². The first kappa shape index (κ1) is 26.8. The summed E-state index contributed by atoms with van der Waals surface area (Å²) in [6.07, 6.45) is 4.44. The van der Waals surface area contributed by atoms with Gasteiger partial charge >= 0.3 is 5.97 Å². The van der Waals surface area contributed by atoms with E-state index in [1.54, 1.807) is 55.6 Å². The van der Waals surface area contributed by atoms with Gasteiger partial charge in [0, 0.05) is 18.7 Å². The minimum absolute atomic E-state index is 0.0357. The molecule has 1 aliphatic rings. The number of nitrogens with zero attached hydrogens (tertiary/aromatic N) is 5. The molecule has 0 unspecified atom stereocenters. The van der Waals surface area contributed by atoms with E-state index in [-0.39, 0.29) is 35.5 Å². The van der Waals surface area contributed by atoms with Gasteiger partial charge in [0.15, 0.2) is 11.8 Å². The average molecular weight is 552 g/mol. The first-order valence-corrected chi connectivity index (χ1v) is 12.6. The van der Waals surface area contributed by atoms with Gasteiger partial charge < -0.3 is 21.5 Å². The number of nitrogens with one attached hydrogen (secondary N) is 3. The molecule has 1 atom stereocenters. The van der Waals surface area contributed by atoms with E-state index >= 15 is 0 Å². The van der Waals surface area contributed by atoms with Crippen LogP contribution in [-0.2, 0) is 13.0 Å². The fourth-order valence-corrected chi connectivity index (χ4v) is 4.92. The van der Waals surface area contributed by atoms with Crippen molar-refractivity contribution >= 4 is 35.1 Å². The highest BCUT2D eigenvalue weighted by Crippen LogP contribution is 2.35. The van der Waals surface area contributed by atoms with Crippen LogP contribution in [0.15, 0.2) is 59.7 Å². The van der Waals surface area contributed by atoms with Crippen LogP contribution >= 0.6 is 0 Å². The summed E-state index contributed by atoms with van der Waals surface area (Å²) >= 11 is 0. The number of carboxylic acids is 1. The molecule has 2 aromatic heterocycles. The molecule has 0 saturated carbocycles. The molecule has 13 nitrogen and oxygen atoms in total. The highest BCUT2D eigenvalue weighted by molar-refractivity contribution is 5.98. The lowest BCUT2D eigenvalue weighted by Crippen LogP contribution is -2.30. The smallest absolute Gasteiger partial charge is 0.335 e.